The zero-order valence-corrected chi connectivity index (χ0v) is 14.4. The summed E-state index contributed by atoms with van der Waals surface area (Å²) in [6, 6.07) is -0.0648. The number of nitrogens with one attached hydrogen (secondary N) is 1. The molecule has 1 heterocycles. The molecule has 0 saturated heterocycles. The number of carbonyl (C=O) groups is 1. The zero-order chi connectivity index (χ0) is 15.9. The maximum atomic E-state index is 12.1. The fraction of sp³-hybridized carbons (Fsp3) is 0.750. The summed E-state index contributed by atoms with van der Waals surface area (Å²) in [5.41, 5.74) is 0. The van der Waals surface area contributed by atoms with Crippen molar-refractivity contribution in [2.75, 3.05) is 20.1 Å². The summed E-state index contributed by atoms with van der Waals surface area (Å²) in [4.78, 5) is 19.4. The number of urea groups is 1. The van der Waals surface area contributed by atoms with Crippen molar-refractivity contribution < 1.29 is 9.90 Å². The van der Waals surface area contributed by atoms with E-state index >= 15 is 0 Å². The Kier molecular flexibility index (Phi) is 6.64. The van der Waals surface area contributed by atoms with Gasteiger partial charge in [0.2, 0.25) is 0 Å². The summed E-state index contributed by atoms with van der Waals surface area (Å²) in [5, 5.41) is 14.0. The molecule has 0 aliphatic heterocycles. The number of aliphatic hydroxyl groups excluding tert-OH is 1. The topological polar surface area (TPSA) is 65.5 Å². The molecule has 0 spiro atoms. The number of hydrogen-bond acceptors (Lipinski definition) is 4. The van der Waals surface area contributed by atoms with E-state index in [4.69, 9.17) is 0 Å². The molecule has 2 amide bonds. The Morgan fingerprint density at radius 1 is 1.50 bits per heavy atom. The van der Waals surface area contributed by atoms with Crippen molar-refractivity contribution in [1.82, 2.24) is 15.2 Å². The van der Waals surface area contributed by atoms with Gasteiger partial charge >= 0.3 is 6.03 Å². The van der Waals surface area contributed by atoms with Gasteiger partial charge in [0, 0.05) is 43.5 Å². The van der Waals surface area contributed by atoms with Gasteiger partial charge in [0.15, 0.2) is 0 Å². The Labute approximate surface area is 136 Å². The molecule has 1 fully saturated rings. The molecule has 2 rings (SSSR count). The first-order valence-electron chi connectivity index (χ1n) is 8.20. The van der Waals surface area contributed by atoms with E-state index in [1.54, 1.807) is 23.3 Å². The van der Waals surface area contributed by atoms with Gasteiger partial charge in [-0.2, -0.15) is 0 Å². The number of hydrogen-bond donors (Lipinski definition) is 2. The average Bonchev–Trinajstić information content (AvgIpc) is 2.97. The summed E-state index contributed by atoms with van der Waals surface area (Å²) in [7, 11) is 1.80. The van der Waals surface area contributed by atoms with Gasteiger partial charge in [0.05, 0.1) is 11.1 Å². The quantitative estimate of drug-likeness (QED) is 0.844. The van der Waals surface area contributed by atoms with E-state index in [0.29, 0.717) is 13.1 Å². The van der Waals surface area contributed by atoms with Crippen molar-refractivity contribution >= 4 is 17.4 Å². The number of aliphatic hydroxyl groups is 1. The number of amides is 2. The van der Waals surface area contributed by atoms with Crippen LogP contribution in [0.1, 0.15) is 42.5 Å². The minimum absolute atomic E-state index is 0.0648. The zero-order valence-electron chi connectivity index (χ0n) is 13.5. The third kappa shape index (κ3) is 4.95. The fourth-order valence-electron chi connectivity index (χ4n) is 2.87. The Morgan fingerprint density at radius 2 is 2.27 bits per heavy atom. The Hall–Kier alpha value is -1.14. The van der Waals surface area contributed by atoms with Gasteiger partial charge in [-0.3, -0.25) is 0 Å². The first-order valence-corrected chi connectivity index (χ1v) is 9.02. The minimum Gasteiger partial charge on any atom is -0.393 e. The van der Waals surface area contributed by atoms with Crippen LogP contribution in [-0.2, 0) is 12.8 Å². The molecule has 0 radical (unpaired) electrons. The lowest BCUT2D eigenvalue weighted by atomic mass is 9.86. The number of carbonyl (C=O) groups excluding carboxylic acids is 1. The van der Waals surface area contributed by atoms with Crippen LogP contribution in [0.5, 0.6) is 0 Å². The number of aryl methyl sites for hydroxylation is 1. The molecule has 124 valence electrons. The molecule has 22 heavy (non-hydrogen) atoms. The lowest BCUT2D eigenvalue weighted by Crippen LogP contribution is -2.43. The molecule has 0 bridgehead atoms. The molecule has 1 aromatic heterocycles. The highest BCUT2D eigenvalue weighted by atomic mass is 32.1. The number of nitrogens with zero attached hydrogens (tertiary/aromatic N) is 2. The largest absolute Gasteiger partial charge is 0.393 e. The van der Waals surface area contributed by atoms with Gasteiger partial charge in [-0.25, -0.2) is 9.78 Å². The standard InChI is InChI=1S/C16H27N3O2S/c1-3-13-10-18-15(22-13)8-9-17-16(21)19(2)11-12-6-4-5-7-14(12)20/h10,12,14,20H,3-9,11H2,1-2H3,(H,17,21). The summed E-state index contributed by atoms with van der Waals surface area (Å²) in [6.45, 7) is 3.35. The molecule has 1 aliphatic rings. The van der Waals surface area contributed by atoms with Crippen LogP contribution in [0.15, 0.2) is 6.20 Å². The Balaban J connectivity index is 1.69. The summed E-state index contributed by atoms with van der Waals surface area (Å²) in [6.07, 6.45) is 7.57. The lowest BCUT2D eigenvalue weighted by Gasteiger charge is -2.31. The molecule has 1 aliphatic carbocycles. The predicted molar refractivity (Wildman–Crippen MR) is 89.2 cm³/mol. The van der Waals surface area contributed by atoms with Gasteiger partial charge in [-0.15, -0.1) is 11.3 Å². The SMILES string of the molecule is CCc1cnc(CCNC(=O)N(C)CC2CCCCC2O)s1. The van der Waals surface area contributed by atoms with E-state index in [1.807, 2.05) is 6.20 Å². The van der Waals surface area contributed by atoms with E-state index in [2.05, 4.69) is 17.2 Å². The smallest absolute Gasteiger partial charge is 0.317 e. The van der Waals surface area contributed by atoms with Crippen LogP contribution in [0, 0.1) is 5.92 Å². The van der Waals surface area contributed by atoms with Gasteiger partial charge < -0.3 is 15.3 Å². The molecular weight excluding hydrogens is 298 g/mol. The van der Waals surface area contributed by atoms with Gasteiger partial charge in [0.25, 0.3) is 0 Å². The highest BCUT2D eigenvalue weighted by Crippen LogP contribution is 2.24. The molecule has 2 atom stereocenters. The van der Waals surface area contributed by atoms with Crippen LogP contribution in [-0.4, -0.2) is 47.3 Å². The second kappa shape index (κ2) is 8.48. The van der Waals surface area contributed by atoms with Crippen molar-refractivity contribution in [2.45, 2.75) is 51.6 Å². The third-order valence-corrected chi connectivity index (χ3v) is 5.49. The monoisotopic (exact) mass is 325 g/mol. The fourth-order valence-corrected chi connectivity index (χ4v) is 3.74. The van der Waals surface area contributed by atoms with E-state index < -0.39 is 0 Å². The van der Waals surface area contributed by atoms with Crippen molar-refractivity contribution in [3.8, 4) is 0 Å². The Morgan fingerprint density at radius 3 is 2.95 bits per heavy atom. The lowest BCUT2D eigenvalue weighted by molar-refractivity contribution is 0.0565. The highest BCUT2D eigenvalue weighted by Gasteiger charge is 2.25. The maximum absolute atomic E-state index is 12.1. The van der Waals surface area contributed by atoms with Crippen LogP contribution in [0.25, 0.3) is 0 Å². The van der Waals surface area contributed by atoms with Crippen LogP contribution in [0.4, 0.5) is 4.79 Å². The van der Waals surface area contributed by atoms with Crippen molar-refractivity contribution in [2.24, 2.45) is 5.92 Å². The third-order valence-electron chi connectivity index (χ3n) is 4.29. The number of aromatic nitrogens is 1. The van der Waals surface area contributed by atoms with Crippen LogP contribution < -0.4 is 5.32 Å². The summed E-state index contributed by atoms with van der Waals surface area (Å²) >= 11 is 1.71. The first kappa shape index (κ1) is 17.2. The van der Waals surface area contributed by atoms with Crippen LogP contribution in [0.2, 0.25) is 0 Å². The van der Waals surface area contributed by atoms with Gasteiger partial charge in [-0.05, 0) is 19.3 Å². The van der Waals surface area contributed by atoms with Gasteiger partial charge in [-0.1, -0.05) is 19.8 Å². The molecule has 1 aromatic rings. The van der Waals surface area contributed by atoms with Gasteiger partial charge in [0.1, 0.15) is 0 Å². The molecule has 0 aromatic carbocycles. The van der Waals surface area contributed by atoms with Crippen LogP contribution >= 0.6 is 11.3 Å². The predicted octanol–water partition coefficient (Wildman–Crippen LogP) is 2.44. The van der Waals surface area contributed by atoms with E-state index in [-0.39, 0.29) is 18.1 Å². The molecule has 6 heteroatoms. The second-order valence-corrected chi connectivity index (χ2v) is 7.25. The van der Waals surface area contributed by atoms with Crippen molar-refractivity contribution in [1.29, 1.82) is 0 Å². The van der Waals surface area contributed by atoms with Crippen LogP contribution in [0.3, 0.4) is 0 Å². The maximum Gasteiger partial charge on any atom is 0.317 e. The molecule has 5 nitrogen and oxygen atoms in total. The number of thiazole rings is 1. The first-order chi connectivity index (χ1) is 10.6. The molecule has 2 unspecified atom stereocenters. The molecule has 2 N–H and O–H groups in total. The number of rotatable bonds is 6. The van der Waals surface area contributed by atoms with Crippen molar-refractivity contribution in [3.63, 3.8) is 0 Å². The Bertz CT molecular complexity index is 478. The summed E-state index contributed by atoms with van der Waals surface area (Å²) < 4.78 is 0. The van der Waals surface area contributed by atoms with E-state index in [1.165, 1.54) is 4.88 Å². The highest BCUT2D eigenvalue weighted by molar-refractivity contribution is 7.11. The average molecular weight is 325 g/mol. The normalized spacial score (nSPS) is 21.6. The second-order valence-electron chi connectivity index (χ2n) is 6.05. The molecule has 1 saturated carbocycles. The summed E-state index contributed by atoms with van der Waals surface area (Å²) in [5.74, 6) is 0.218. The molecular formula is C16H27N3O2S. The van der Waals surface area contributed by atoms with Crippen molar-refractivity contribution in [3.05, 3.63) is 16.1 Å². The van der Waals surface area contributed by atoms with E-state index in [9.17, 15) is 9.90 Å². The minimum atomic E-state index is -0.258. The van der Waals surface area contributed by atoms with E-state index in [0.717, 1.165) is 43.5 Å².